The van der Waals surface area contributed by atoms with E-state index >= 15 is 0 Å². The van der Waals surface area contributed by atoms with Gasteiger partial charge in [-0.3, -0.25) is 4.98 Å². The van der Waals surface area contributed by atoms with Crippen LogP contribution in [-0.2, 0) is 6.42 Å². The van der Waals surface area contributed by atoms with Crippen LogP contribution in [-0.4, -0.2) is 23.3 Å². The molecule has 0 saturated heterocycles. The molecule has 102 valence electrons. The van der Waals surface area contributed by atoms with Crippen molar-refractivity contribution < 1.29 is 9.84 Å². The molecule has 20 heavy (non-hydrogen) atoms. The monoisotopic (exact) mass is 267 g/mol. The first-order chi connectivity index (χ1) is 9.79. The van der Waals surface area contributed by atoms with E-state index in [2.05, 4.69) is 16.8 Å². The van der Waals surface area contributed by atoms with Crippen LogP contribution in [0.15, 0.2) is 42.7 Å². The van der Waals surface area contributed by atoms with Gasteiger partial charge in [-0.05, 0) is 42.3 Å². The molecule has 0 spiro atoms. The molecule has 2 aromatic rings. The van der Waals surface area contributed by atoms with Crippen molar-refractivity contribution in [2.75, 3.05) is 13.2 Å². The van der Waals surface area contributed by atoms with E-state index in [1.165, 1.54) is 5.56 Å². The summed E-state index contributed by atoms with van der Waals surface area (Å²) in [5.74, 6) is 6.33. The number of aliphatic hydroxyl groups excluding tert-OH is 1. The Labute approximate surface area is 119 Å². The van der Waals surface area contributed by atoms with Gasteiger partial charge in [0, 0.05) is 18.8 Å². The largest absolute Gasteiger partial charge is 0.492 e. The molecule has 0 unspecified atom stereocenters. The van der Waals surface area contributed by atoms with Crippen LogP contribution in [0.4, 0.5) is 0 Å². The summed E-state index contributed by atoms with van der Waals surface area (Å²) in [6.07, 6.45) is 4.38. The second-order valence-corrected chi connectivity index (χ2v) is 4.41. The fourth-order valence-electron chi connectivity index (χ4n) is 1.83. The molecule has 0 aliphatic carbocycles. The number of pyridine rings is 1. The van der Waals surface area contributed by atoms with Crippen LogP contribution < -0.4 is 4.74 Å². The lowest BCUT2D eigenvalue weighted by molar-refractivity contribution is 0.321. The summed E-state index contributed by atoms with van der Waals surface area (Å²) in [7, 11) is 0. The number of hydrogen-bond donors (Lipinski definition) is 1. The number of rotatable bonds is 4. The Bertz CT molecular complexity index is 612. The van der Waals surface area contributed by atoms with Crippen molar-refractivity contribution in [1.29, 1.82) is 0 Å². The van der Waals surface area contributed by atoms with Crippen molar-refractivity contribution in [1.82, 2.24) is 4.98 Å². The predicted octanol–water partition coefficient (Wildman–Crippen LogP) is 2.36. The van der Waals surface area contributed by atoms with Crippen molar-refractivity contribution >= 4 is 0 Å². The number of aromatic nitrogens is 1. The second kappa shape index (κ2) is 7.32. The average molecular weight is 267 g/mol. The number of aryl methyl sites for hydroxylation is 1. The van der Waals surface area contributed by atoms with E-state index in [-0.39, 0.29) is 6.61 Å². The SMILES string of the molecule is Cc1ccc(OCCc2ccncc2)c(C#CCO)c1. The molecule has 0 atom stereocenters. The molecule has 1 aromatic carbocycles. The van der Waals surface area contributed by atoms with E-state index in [0.29, 0.717) is 6.61 Å². The highest BCUT2D eigenvalue weighted by atomic mass is 16.5. The first-order valence-electron chi connectivity index (χ1n) is 6.51. The topological polar surface area (TPSA) is 42.4 Å². The zero-order chi connectivity index (χ0) is 14.2. The van der Waals surface area contributed by atoms with Gasteiger partial charge in [-0.2, -0.15) is 0 Å². The van der Waals surface area contributed by atoms with Gasteiger partial charge in [-0.1, -0.05) is 17.9 Å². The van der Waals surface area contributed by atoms with Gasteiger partial charge >= 0.3 is 0 Å². The molecule has 0 aliphatic rings. The minimum Gasteiger partial charge on any atom is -0.492 e. The lowest BCUT2D eigenvalue weighted by Gasteiger charge is -2.09. The summed E-state index contributed by atoms with van der Waals surface area (Å²) >= 11 is 0. The Kier molecular flexibility index (Phi) is 5.16. The fraction of sp³-hybridized carbons (Fsp3) is 0.235. The molecule has 1 heterocycles. The first-order valence-corrected chi connectivity index (χ1v) is 6.51. The molecule has 3 heteroatoms. The smallest absolute Gasteiger partial charge is 0.134 e. The molecule has 1 aromatic heterocycles. The molecule has 3 nitrogen and oxygen atoms in total. The van der Waals surface area contributed by atoms with Crippen LogP contribution in [0.5, 0.6) is 5.75 Å². The fourth-order valence-corrected chi connectivity index (χ4v) is 1.83. The van der Waals surface area contributed by atoms with E-state index in [1.807, 2.05) is 37.3 Å². The van der Waals surface area contributed by atoms with Crippen molar-refractivity contribution in [3.05, 3.63) is 59.4 Å². The van der Waals surface area contributed by atoms with Gasteiger partial charge in [0.05, 0.1) is 12.2 Å². The molecule has 2 rings (SSSR count). The number of hydrogen-bond acceptors (Lipinski definition) is 3. The minimum absolute atomic E-state index is 0.148. The summed E-state index contributed by atoms with van der Waals surface area (Å²) in [4.78, 5) is 3.99. The second-order valence-electron chi connectivity index (χ2n) is 4.41. The van der Waals surface area contributed by atoms with E-state index in [9.17, 15) is 0 Å². The molecule has 0 amide bonds. The van der Waals surface area contributed by atoms with Crippen molar-refractivity contribution in [3.63, 3.8) is 0 Å². The van der Waals surface area contributed by atoms with Crippen LogP contribution in [0.3, 0.4) is 0 Å². The van der Waals surface area contributed by atoms with Crippen LogP contribution in [0.25, 0.3) is 0 Å². The van der Waals surface area contributed by atoms with Gasteiger partial charge in [-0.25, -0.2) is 0 Å². The Morgan fingerprint density at radius 2 is 2.00 bits per heavy atom. The average Bonchev–Trinajstić information content (AvgIpc) is 2.48. The zero-order valence-electron chi connectivity index (χ0n) is 11.5. The molecule has 1 N–H and O–H groups in total. The summed E-state index contributed by atoms with van der Waals surface area (Å²) in [6.45, 7) is 2.44. The van der Waals surface area contributed by atoms with E-state index in [4.69, 9.17) is 9.84 Å². The molecule has 0 fully saturated rings. The van der Waals surface area contributed by atoms with Gasteiger partial charge in [0.1, 0.15) is 12.4 Å². The third-order valence-corrected chi connectivity index (χ3v) is 2.83. The van der Waals surface area contributed by atoms with Crippen molar-refractivity contribution in [2.45, 2.75) is 13.3 Å². The Hall–Kier alpha value is -2.31. The maximum absolute atomic E-state index is 8.79. The summed E-state index contributed by atoms with van der Waals surface area (Å²) in [5, 5.41) is 8.79. The zero-order valence-corrected chi connectivity index (χ0v) is 11.5. The maximum atomic E-state index is 8.79. The van der Waals surface area contributed by atoms with Crippen molar-refractivity contribution in [3.8, 4) is 17.6 Å². The summed E-state index contributed by atoms with van der Waals surface area (Å²) in [6, 6.07) is 9.83. The molecular weight excluding hydrogens is 250 g/mol. The number of ether oxygens (including phenoxy) is 1. The number of benzene rings is 1. The predicted molar refractivity (Wildman–Crippen MR) is 78.6 cm³/mol. The quantitative estimate of drug-likeness (QED) is 0.865. The molecular formula is C17H17NO2. The number of aliphatic hydroxyl groups is 1. The van der Waals surface area contributed by atoms with E-state index < -0.39 is 0 Å². The lowest BCUT2D eigenvalue weighted by Crippen LogP contribution is -2.03. The van der Waals surface area contributed by atoms with Crippen LogP contribution >= 0.6 is 0 Å². The van der Waals surface area contributed by atoms with Gasteiger partial charge in [-0.15, -0.1) is 0 Å². The van der Waals surface area contributed by atoms with Gasteiger partial charge < -0.3 is 9.84 Å². The lowest BCUT2D eigenvalue weighted by atomic mass is 10.1. The van der Waals surface area contributed by atoms with Crippen molar-refractivity contribution in [2.24, 2.45) is 0 Å². The Morgan fingerprint density at radius 1 is 1.20 bits per heavy atom. The standard InChI is InChI=1S/C17H17NO2/c1-14-4-5-17(16(13-14)3-2-11-19)20-12-8-15-6-9-18-10-7-15/h4-7,9-10,13,19H,8,11-12H2,1H3. The van der Waals surface area contributed by atoms with Gasteiger partial charge in [0.2, 0.25) is 0 Å². The van der Waals surface area contributed by atoms with E-state index in [0.717, 1.165) is 23.3 Å². The van der Waals surface area contributed by atoms with Crippen LogP contribution in [0, 0.1) is 18.8 Å². The highest BCUT2D eigenvalue weighted by Gasteiger charge is 2.02. The molecule has 0 radical (unpaired) electrons. The van der Waals surface area contributed by atoms with Gasteiger partial charge in [0.25, 0.3) is 0 Å². The highest BCUT2D eigenvalue weighted by molar-refractivity contribution is 5.48. The molecule has 0 saturated carbocycles. The van der Waals surface area contributed by atoms with Crippen LogP contribution in [0.1, 0.15) is 16.7 Å². The summed E-state index contributed by atoms with van der Waals surface area (Å²) < 4.78 is 5.79. The first kappa shape index (κ1) is 14.1. The highest BCUT2D eigenvalue weighted by Crippen LogP contribution is 2.19. The Balaban J connectivity index is 2.02. The molecule has 0 bridgehead atoms. The minimum atomic E-state index is -0.148. The van der Waals surface area contributed by atoms with Gasteiger partial charge in [0.15, 0.2) is 0 Å². The Morgan fingerprint density at radius 3 is 2.75 bits per heavy atom. The normalized spacial score (nSPS) is 9.70. The summed E-state index contributed by atoms with van der Waals surface area (Å²) in [5.41, 5.74) is 3.12. The third kappa shape index (κ3) is 4.11. The maximum Gasteiger partial charge on any atom is 0.134 e. The number of nitrogens with zero attached hydrogens (tertiary/aromatic N) is 1. The van der Waals surface area contributed by atoms with Crippen LogP contribution in [0.2, 0.25) is 0 Å². The third-order valence-electron chi connectivity index (χ3n) is 2.83. The molecule has 0 aliphatic heterocycles. The van der Waals surface area contributed by atoms with E-state index in [1.54, 1.807) is 12.4 Å².